The van der Waals surface area contributed by atoms with Crippen LogP contribution in [0.25, 0.3) is 0 Å². The van der Waals surface area contributed by atoms with E-state index in [1.807, 2.05) is 0 Å². The third kappa shape index (κ3) is 7.26. The van der Waals surface area contributed by atoms with E-state index in [1.54, 1.807) is 6.26 Å². The van der Waals surface area contributed by atoms with Gasteiger partial charge in [0.25, 0.3) is 0 Å². The molecule has 1 atom stereocenters. The van der Waals surface area contributed by atoms with Gasteiger partial charge in [0.1, 0.15) is 5.84 Å². The molecule has 0 aliphatic rings. The minimum Gasteiger partial charge on any atom is -0.409 e. The molecule has 0 bridgehead atoms. The Labute approximate surface area is 78.6 Å². The second-order valence-corrected chi connectivity index (χ2v) is 3.95. The van der Waals surface area contributed by atoms with Crippen LogP contribution in [0, 0.1) is 0 Å². The van der Waals surface area contributed by atoms with Gasteiger partial charge in [0.05, 0.1) is 6.42 Å². The monoisotopic (exact) mass is 207 g/mol. The first-order chi connectivity index (χ1) is 6.06. The molecule has 0 saturated heterocycles. The van der Waals surface area contributed by atoms with Crippen molar-refractivity contribution in [2.75, 3.05) is 18.6 Å². The van der Waals surface area contributed by atoms with E-state index >= 15 is 0 Å². The van der Waals surface area contributed by atoms with Crippen molar-refractivity contribution in [3.05, 3.63) is 0 Å². The quantitative estimate of drug-likeness (QED) is 0.223. The third-order valence-electron chi connectivity index (χ3n) is 1.18. The smallest absolute Gasteiger partial charge is 0.227 e. The van der Waals surface area contributed by atoms with Crippen molar-refractivity contribution < 1.29 is 14.2 Å². The summed E-state index contributed by atoms with van der Waals surface area (Å²) in [4.78, 5) is 10.9. The number of hydrogen-bond acceptors (Lipinski definition) is 4. The number of nitrogens with one attached hydrogen (secondary N) is 1. The Morgan fingerprint density at radius 1 is 1.69 bits per heavy atom. The van der Waals surface area contributed by atoms with Gasteiger partial charge in [-0.05, 0) is 0 Å². The molecule has 0 saturated carbocycles. The molecule has 0 aliphatic carbocycles. The van der Waals surface area contributed by atoms with Gasteiger partial charge < -0.3 is 16.3 Å². The average molecular weight is 207 g/mol. The summed E-state index contributed by atoms with van der Waals surface area (Å²) in [5.74, 6) is -0.0853. The van der Waals surface area contributed by atoms with Gasteiger partial charge in [-0.2, -0.15) is 0 Å². The van der Waals surface area contributed by atoms with Crippen molar-refractivity contribution >= 4 is 22.5 Å². The lowest BCUT2D eigenvalue weighted by Gasteiger charge is -2.02. The average Bonchev–Trinajstić information content (AvgIpc) is 2.03. The summed E-state index contributed by atoms with van der Waals surface area (Å²) in [5, 5.41) is 13.3. The second kappa shape index (κ2) is 6.41. The maximum atomic E-state index is 10.9. The topological polar surface area (TPSA) is 105 Å². The van der Waals surface area contributed by atoms with Crippen LogP contribution >= 0.6 is 0 Å². The highest BCUT2D eigenvalue weighted by atomic mass is 32.2. The van der Waals surface area contributed by atoms with Gasteiger partial charge in [-0.15, -0.1) is 0 Å². The number of carbonyl (C=O) groups excluding carboxylic acids is 1. The molecule has 0 fully saturated rings. The number of amides is 1. The molecule has 1 unspecified atom stereocenters. The highest BCUT2D eigenvalue weighted by Crippen LogP contribution is 1.80. The van der Waals surface area contributed by atoms with Crippen molar-refractivity contribution in [2.24, 2.45) is 10.9 Å². The summed E-state index contributed by atoms with van der Waals surface area (Å²) < 4.78 is 10.6. The van der Waals surface area contributed by atoms with Crippen LogP contribution in [0.1, 0.15) is 6.42 Å². The van der Waals surface area contributed by atoms with E-state index < -0.39 is 10.8 Å². The van der Waals surface area contributed by atoms with Gasteiger partial charge in [-0.3, -0.25) is 9.00 Å². The number of nitrogens with zero attached hydrogens (tertiary/aromatic N) is 1. The van der Waals surface area contributed by atoms with Gasteiger partial charge >= 0.3 is 0 Å². The number of carbonyl (C=O) groups is 1. The summed E-state index contributed by atoms with van der Waals surface area (Å²) in [5.41, 5.74) is 5.08. The molecular formula is C6H13N3O3S. The zero-order valence-electron chi connectivity index (χ0n) is 7.32. The van der Waals surface area contributed by atoms with E-state index in [9.17, 15) is 9.00 Å². The molecule has 0 aromatic rings. The van der Waals surface area contributed by atoms with E-state index in [2.05, 4.69) is 10.5 Å². The molecule has 6 nitrogen and oxygen atoms in total. The maximum absolute atomic E-state index is 10.9. The molecule has 0 aromatic heterocycles. The highest BCUT2D eigenvalue weighted by molar-refractivity contribution is 7.84. The van der Waals surface area contributed by atoms with Crippen molar-refractivity contribution in [2.45, 2.75) is 6.42 Å². The van der Waals surface area contributed by atoms with Crippen LogP contribution in [-0.2, 0) is 15.6 Å². The van der Waals surface area contributed by atoms with Crippen molar-refractivity contribution in [3.63, 3.8) is 0 Å². The van der Waals surface area contributed by atoms with E-state index in [0.29, 0.717) is 12.3 Å². The Hall–Kier alpha value is -1.11. The molecule has 0 radical (unpaired) electrons. The molecular weight excluding hydrogens is 194 g/mol. The van der Waals surface area contributed by atoms with Gasteiger partial charge in [0.15, 0.2) is 0 Å². The zero-order chi connectivity index (χ0) is 10.3. The molecule has 0 aliphatic heterocycles. The summed E-state index contributed by atoms with van der Waals surface area (Å²) in [7, 11) is -0.922. The third-order valence-corrected chi connectivity index (χ3v) is 1.96. The molecule has 4 N–H and O–H groups in total. The summed E-state index contributed by atoms with van der Waals surface area (Å²) in [6.07, 6.45) is 1.41. The Morgan fingerprint density at radius 3 is 2.77 bits per heavy atom. The molecule has 1 amide bonds. The molecule has 0 spiro atoms. The number of amidine groups is 1. The van der Waals surface area contributed by atoms with Crippen LogP contribution in [0.3, 0.4) is 0 Å². The molecule has 7 heteroatoms. The highest BCUT2D eigenvalue weighted by Gasteiger charge is 2.03. The Morgan fingerprint density at radius 2 is 2.31 bits per heavy atom. The van der Waals surface area contributed by atoms with E-state index in [4.69, 9.17) is 10.9 Å². The molecule has 0 rings (SSSR count). The molecule has 0 aromatic carbocycles. The molecule has 76 valence electrons. The summed E-state index contributed by atoms with van der Waals surface area (Å²) >= 11 is 0. The van der Waals surface area contributed by atoms with Crippen LogP contribution in [-0.4, -0.2) is 39.7 Å². The van der Waals surface area contributed by atoms with E-state index in [1.165, 1.54) is 0 Å². The van der Waals surface area contributed by atoms with Gasteiger partial charge in [-0.25, -0.2) is 0 Å². The first-order valence-corrected chi connectivity index (χ1v) is 5.32. The summed E-state index contributed by atoms with van der Waals surface area (Å²) in [6, 6.07) is 0. The number of nitrogens with two attached hydrogens (primary N) is 1. The fourth-order valence-corrected chi connectivity index (χ4v) is 0.986. The fraction of sp³-hybridized carbons (Fsp3) is 0.667. The lowest BCUT2D eigenvalue weighted by atomic mass is 10.4. The standard InChI is InChI=1S/C6H13N3O3S/c1-13(12)3-2-8-6(10)4-5(7)9-11/h11H,2-4H2,1H3,(H2,7,9)(H,8,10). The van der Waals surface area contributed by atoms with E-state index in [0.717, 1.165) is 0 Å². The Kier molecular flexibility index (Phi) is 5.86. The lowest BCUT2D eigenvalue weighted by Crippen LogP contribution is -2.31. The minimum atomic E-state index is -0.922. The molecule has 13 heavy (non-hydrogen) atoms. The van der Waals surface area contributed by atoms with Crippen LogP contribution < -0.4 is 11.1 Å². The predicted molar refractivity (Wildman–Crippen MR) is 50.0 cm³/mol. The van der Waals surface area contributed by atoms with Crippen LogP contribution in [0.2, 0.25) is 0 Å². The Bertz CT molecular complexity index is 229. The van der Waals surface area contributed by atoms with E-state index in [-0.39, 0.29) is 18.2 Å². The fourth-order valence-electron chi connectivity index (χ4n) is 0.597. The van der Waals surface area contributed by atoms with Crippen LogP contribution in [0.15, 0.2) is 5.16 Å². The van der Waals surface area contributed by atoms with Crippen LogP contribution in [0.4, 0.5) is 0 Å². The Balaban J connectivity index is 3.58. The van der Waals surface area contributed by atoms with Crippen LogP contribution in [0.5, 0.6) is 0 Å². The largest absolute Gasteiger partial charge is 0.409 e. The number of hydrogen-bond donors (Lipinski definition) is 3. The first kappa shape index (κ1) is 11.9. The zero-order valence-corrected chi connectivity index (χ0v) is 8.13. The van der Waals surface area contributed by atoms with Gasteiger partial charge in [-0.1, -0.05) is 5.16 Å². The van der Waals surface area contributed by atoms with Gasteiger partial charge in [0.2, 0.25) is 5.91 Å². The van der Waals surface area contributed by atoms with Crippen molar-refractivity contribution in [3.8, 4) is 0 Å². The second-order valence-electron chi connectivity index (χ2n) is 2.40. The first-order valence-electron chi connectivity index (χ1n) is 3.59. The van der Waals surface area contributed by atoms with Gasteiger partial charge in [0, 0.05) is 29.4 Å². The predicted octanol–water partition coefficient (Wildman–Crippen LogP) is -1.38. The summed E-state index contributed by atoms with van der Waals surface area (Å²) in [6.45, 7) is 0.334. The normalized spacial score (nSPS) is 13.8. The minimum absolute atomic E-state index is 0.143. The number of rotatable bonds is 5. The van der Waals surface area contributed by atoms with Crippen molar-refractivity contribution in [1.82, 2.24) is 5.32 Å². The van der Waals surface area contributed by atoms with Crippen molar-refractivity contribution in [1.29, 1.82) is 0 Å². The SMILES string of the molecule is CS(=O)CCNC(=O)CC(N)=NO. The lowest BCUT2D eigenvalue weighted by molar-refractivity contribution is -0.119. The number of oxime groups is 1. The molecule has 0 heterocycles. The maximum Gasteiger partial charge on any atom is 0.227 e.